The van der Waals surface area contributed by atoms with Gasteiger partial charge in [0.05, 0.1) is 13.2 Å². The molecule has 1 aliphatic rings. The molecule has 0 amide bonds. The van der Waals surface area contributed by atoms with Crippen molar-refractivity contribution < 1.29 is 42.5 Å². The number of carbonyl (C=O) groups is 3. The maximum absolute atomic E-state index is 12.4. The SMILES string of the molecule is CC(=O)OC[C@]1(CO[Si](c2ccccc2)(c2ccccc2)C(C)(C)C)OC(OC(C)=O)[C@@H](OC(C)=O)C1OCc1ccccc1. The monoisotopic (exact) mass is 634 g/mol. The number of esters is 3. The maximum atomic E-state index is 12.4. The largest absolute Gasteiger partial charge is 0.463 e. The van der Waals surface area contributed by atoms with Crippen LogP contribution in [0.3, 0.4) is 0 Å². The number of ether oxygens (including phenoxy) is 5. The van der Waals surface area contributed by atoms with E-state index in [9.17, 15) is 14.4 Å². The van der Waals surface area contributed by atoms with Crippen LogP contribution in [0.25, 0.3) is 0 Å². The highest BCUT2D eigenvalue weighted by molar-refractivity contribution is 6.99. The molecule has 0 radical (unpaired) electrons. The second-order valence-electron chi connectivity index (χ2n) is 12.2. The van der Waals surface area contributed by atoms with E-state index in [0.29, 0.717) is 0 Å². The van der Waals surface area contributed by atoms with Gasteiger partial charge in [-0.3, -0.25) is 14.4 Å². The minimum atomic E-state index is -3.14. The number of hydrogen-bond donors (Lipinski definition) is 0. The van der Waals surface area contributed by atoms with Gasteiger partial charge < -0.3 is 28.1 Å². The fourth-order valence-electron chi connectivity index (χ4n) is 5.87. The summed E-state index contributed by atoms with van der Waals surface area (Å²) in [6.45, 7) is 9.86. The van der Waals surface area contributed by atoms with E-state index in [1.807, 2.05) is 66.7 Å². The lowest BCUT2D eigenvalue weighted by Crippen LogP contribution is -2.68. The Bertz CT molecular complexity index is 1390. The first-order valence-corrected chi connectivity index (χ1v) is 16.8. The molecule has 9 nitrogen and oxygen atoms in total. The molecule has 0 bridgehead atoms. The molecule has 4 atom stereocenters. The van der Waals surface area contributed by atoms with E-state index < -0.39 is 50.3 Å². The molecule has 0 aromatic heterocycles. The number of carbonyl (C=O) groups excluding carboxylic acids is 3. The predicted octanol–water partition coefficient (Wildman–Crippen LogP) is 4.30. The van der Waals surface area contributed by atoms with Crippen LogP contribution in [-0.4, -0.2) is 63.5 Å². The summed E-state index contributed by atoms with van der Waals surface area (Å²) in [4.78, 5) is 36.8. The molecule has 3 aromatic carbocycles. The maximum Gasteiger partial charge on any atom is 0.305 e. The topological polar surface area (TPSA) is 107 Å². The summed E-state index contributed by atoms with van der Waals surface area (Å²) in [6.07, 6.45) is -3.57. The van der Waals surface area contributed by atoms with Crippen molar-refractivity contribution in [3.8, 4) is 0 Å². The Morgan fingerprint density at radius 3 is 1.71 bits per heavy atom. The van der Waals surface area contributed by atoms with Crippen LogP contribution in [0.1, 0.15) is 47.1 Å². The van der Waals surface area contributed by atoms with E-state index in [1.54, 1.807) is 0 Å². The molecule has 2 unspecified atom stereocenters. The third-order valence-corrected chi connectivity index (χ3v) is 12.7. The first-order valence-electron chi connectivity index (χ1n) is 14.9. The third-order valence-electron chi connectivity index (χ3n) is 7.76. The highest BCUT2D eigenvalue weighted by Gasteiger charge is 2.62. The number of rotatable bonds is 12. The molecule has 45 heavy (non-hydrogen) atoms. The summed E-state index contributed by atoms with van der Waals surface area (Å²) in [7, 11) is -3.14. The van der Waals surface area contributed by atoms with Crippen LogP contribution in [0.2, 0.25) is 5.04 Å². The average molecular weight is 635 g/mol. The quantitative estimate of drug-likeness (QED) is 0.164. The van der Waals surface area contributed by atoms with Crippen molar-refractivity contribution in [2.75, 3.05) is 13.2 Å². The molecule has 4 rings (SSSR count). The summed E-state index contributed by atoms with van der Waals surface area (Å²) in [5.74, 6) is -1.81. The van der Waals surface area contributed by atoms with Gasteiger partial charge in [-0.2, -0.15) is 0 Å². The van der Waals surface area contributed by atoms with Gasteiger partial charge >= 0.3 is 17.9 Å². The zero-order valence-electron chi connectivity index (χ0n) is 26.7. The Morgan fingerprint density at radius 2 is 1.24 bits per heavy atom. The van der Waals surface area contributed by atoms with Crippen LogP contribution in [0.5, 0.6) is 0 Å². The van der Waals surface area contributed by atoms with Gasteiger partial charge in [0, 0.05) is 20.8 Å². The molecular formula is C35H42O9Si. The van der Waals surface area contributed by atoms with Gasteiger partial charge in [0.1, 0.15) is 12.7 Å². The molecule has 0 spiro atoms. The van der Waals surface area contributed by atoms with Crippen LogP contribution in [0, 0.1) is 0 Å². The second-order valence-corrected chi connectivity index (χ2v) is 16.5. The lowest BCUT2D eigenvalue weighted by Gasteiger charge is -2.45. The smallest absolute Gasteiger partial charge is 0.305 e. The van der Waals surface area contributed by atoms with Gasteiger partial charge in [-0.15, -0.1) is 0 Å². The van der Waals surface area contributed by atoms with Crippen molar-refractivity contribution in [1.82, 2.24) is 0 Å². The molecule has 0 N–H and O–H groups in total. The molecular weight excluding hydrogens is 592 g/mol. The lowest BCUT2D eigenvalue weighted by atomic mass is 9.96. The van der Waals surface area contributed by atoms with E-state index in [1.165, 1.54) is 20.8 Å². The number of hydrogen-bond acceptors (Lipinski definition) is 9. The Morgan fingerprint density at radius 1 is 0.733 bits per heavy atom. The van der Waals surface area contributed by atoms with Crippen LogP contribution in [0.4, 0.5) is 0 Å². The first-order chi connectivity index (χ1) is 21.4. The predicted molar refractivity (Wildman–Crippen MR) is 170 cm³/mol. The summed E-state index contributed by atoms with van der Waals surface area (Å²) in [5.41, 5.74) is -0.683. The summed E-state index contributed by atoms with van der Waals surface area (Å²) in [6, 6.07) is 29.5. The van der Waals surface area contributed by atoms with E-state index in [4.69, 9.17) is 28.1 Å². The van der Waals surface area contributed by atoms with Crippen LogP contribution in [-0.2, 0) is 49.1 Å². The molecule has 10 heteroatoms. The molecule has 0 saturated carbocycles. The third kappa shape index (κ3) is 7.88. The Kier molecular flexibility index (Phi) is 11.0. The van der Waals surface area contributed by atoms with Crippen LogP contribution >= 0.6 is 0 Å². The van der Waals surface area contributed by atoms with E-state index >= 15 is 0 Å². The minimum Gasteiger partial charge on any atom is -0.463 e. The van der Waals surface area contributed by atoms with Gasteiger partial charge in [0.2, 0.25) is 6.29 Å². The lowest BCUT2D eigenvalue weighted by molar-refractivity contribution is -0.217. The second kappa shape index (κ2) is 14.5. The van der Waals surface area contributed by atoms with E-state index in [0.717, 1.165) is 15.9 Å². The molecule has 1 fully saturated rings. The van der Waals surface area contributed by atoms with Gasteiger partial charge in [-0.1, -0.05) is 112 Å². The van der Waals surface area contributed by atoms with Gasteiger partial charge in [0.25, 0.3) is 8.32 Å². The van der Waals surface area contributed by atoms with Crippen LogP contribution < -0.4 is 10.4 Å². The average Bonchev–Trinajstić information content (AvgIpc) is 3.26. The summed E-state index contributed by atoms with van der Waals surface area (Å²) < 4.78 is 37.0. The minimum absolute atomic E-state index is 0.112. The molecule has 3 aromatic rings. The van der Waals surface area contributed by atoms with Crippen molar-refractivity contribution in [3.63, 3.8) is 0 Å². The van der Waals surface area contributed by atoms with Crippen molar-refractivity contribution in [2.24, 2.45) is 0 Å². The fourth-order valence-corrected chi connectivity index (χ4v) is 10.5. The molecule has 1 aliphatic heterocycles. The highest BCUT2D eigenvalue weighted by atomic mass is 28.4. The molecule has 1 saturated heterocycles. The standard InChI is InChI=1S/C35H42O9Si/c1-25(36)40-23-35(24-41-45(34(4,5)6,29-18-12-8-13-19-29)30-20-14-9-15-21-30)32(39-22-28-16-10-7-11-17-28)31(42-26(2)37)33(44-35)43-27(3)38/h7-21,31-33H,22-24H2,1-6H3/t31-,32?,33?,35+/m0/s1. The van der Waals surface area contributed by atoms with Crippen LogP contribution in [0.15, 0.2) is 91.0 Å². The zero-order valence-corrected chi connectivity index (χ0v) is 27.7. The Balaban J connectivity index is 1.86. The molecule has 1 heterocycles. The normalized spacial score (nSPS) is 21.6. The first kappa shape index (κ1) is 34.0. The fraction of sp³-hybridized carbons (Fsp3) is 0.400. The summed E-state index contributed by atoms with van der Waals surface area (Å²) >= 11 is 0. The number of benzene rings is 3. The van der Waals surface area contributed by atoms with E-state index in [-0.39, 0.29) is 24.9 Å². The molecule has 0 aliphatic carbocycles. The molecule has 240 valence electrons. The van der Waals surface area contributed by atoms with Gasteiger partial charge in [-0.05, 0) is 21.0 Å². The Hall–Kier alpha value is -3.83. The van der Waals surface area contributed by atoms with Crippen molar-refractivity contribution in [2.45, 2.75) is 77.3 Å². The van der Waals surface area contributed by atoms with Crippen molar-refractivity contribution >= 4 is 36.6 Å². The van der Waals surface area contributed by atoms with Gasteiger partial charge in [0.15, 0.2) is 11.7 Å². The van der Waals surface area contributed by atoms with Gasteiger partial charge in [-0.25, -0.2) is 0 Å². The Labute approximate surface area is 265 Å². The van der Waals surface area contributed by atoms with Crippen molar-refractivity contribution in [1.29, 1.82) is 0 Å². The zero-order chi connectivity index (χ0) is 32.7. The highest BCUT2D eigenvalue weighted by Crippen LogP contribution is 2.42. The summed E-state index contributed by atoms with van der Waals surface area (Å²) in [5, 5.41) is 1.67. The van der Waals surface area contributed by atoms with Crippen molar-refractivity contribution in [3.05, 3.63) is 96.6 Å². The van der Waals surface area contributed by atoms with E-state index in [2.05, 4.69) is 45.0 Å².